The molecular formula is C25H28N4O4S. The quantitative estimate of drug-likeness (QED) is 0.584. The molecule has 3 aromatic rings. The summed E-state index contributed by atoms with van der Waals surface area (Å²) < 4.78 is 34.7. The normalized spacial score (nSPS) is 17.4. The number of fused-ring (bicyclic) bond motifs is 4. The van der Waals surface area contributed by atoms with Crippen LogP contribution in [0.4, 0.5) is 5.95 Å². The van der Waals surface area contributed by atoms with Crippen molar-refractivity contribution in [1.29, 1.82) is 0 Å². The van der Waals surface area contributed by atoms with Crippen molar-refractivity contribution in [2.24, 2.45) is 5.92 Å². The minimum atomic E-state index is -4.04. The van der Waals surface area contributed by atoms with Crippen LogP contribution in [-0.2, 0) is 10.0 Å². The van der Waals surface area contributed by atoms with Crippen LogP contribution in [0.3, 0.4) is 0 Å². The van der Waals surface area contributed by atoms with Crippen molar-refractivity contribution >= 4 is 21.9 Å². The van der Waals surface area contributed by atoms with Gasteiger partial charge in [-0.05, 0) is 55.5 Å². The Balaban J connectivity index is 1.85. The molecule has 0 fully saturated rings. The number of sulfonamides is 1. The molecule has 0 saturated heterocycles. The summed E-state index contributed by atoms with van der Waals surface area (Å²) in [6.45, 7) is 8.24. The molecule has 8 nitrogen and oxygen atoms in total. The minimum Gasteiger partial charge on any atom is -0.475 e. The van der Waals surface area contributed by atoms with Gasteiger partial charge in [-0.1, -0.05) is 38.1 Å². The summed E-state index contributed by atoms with van der Waals surface area (Å²) in [6.07, 6.45) is 0.684. The summed E-state index contributed by atoms with van der Waals surface area (Å²) in [5, 5.41) is 2.97. The summed E-state index contributed by atoms with van der Waals surface area (Å²) in [6, 6.07) is 13.2. The maximum Gasteiger partial charge on any atom is 0.264 e. The highest BCUT2D eigenvalue weighted by Gasteiger charge is 2.23. The summed E-state index contributed by atoms with van der Waals surface area (Å²) >= 11 is 0. The fourth-order valence-corrected chi connectivity index (χ4v) is 5.06. The fourth-order valence-electron chi connectivity index (χ4n) is 4.07. The zero-order valence-corrected chi connectivity index (χ0v) is 20.4. The molecule has 2 N–H and O–H groups in total. The lowest BCUT2D eigenvalue weighted by atomic mass is 10.00. The SMILES string of the molecule is Cc1cccc(C)c1-c1cc2nc(n1)NS(=O)(=O)c1cccc(c1)C(=O)N[C@@H](CC(C)C)CO2. The molecule has 1 amide bonds. The molecule has 0 aliphatic carbocycles. The van der Waals surface area contributed by atoms with Crippen LogP contribution in [0.25, 0.3) is 11.3 Å². The van der Waals surface area contributed by atoms with E-state index in [1.54, 1.807) is 12.1 Å². The van der Waals surface area contributed by atoms with Crippen LogP contribution >= 0.6 is 0 Å². The number of hydrogen-bond acceptors (Lipinski definition) is 6. The van der Waals surface area contributed by atoms with E-state index < -0.39 is 10.0 Å². The summed E-state index contributed by atoms with van der Waals surface area (Å²) in [5.74, 6) is 0.0717. The highest BCUT2D eigenvalue weighted by Crippen LogP contribution is 2.29. The van der Waals surface area contributed by atoms with Gasteiger partial charge in [-0.15, -0.1) is 0 Å². The first-order valence-electron chi connectivity index (χ1n) is 11.1. The largest absolute Gasteiger partial charge is 0.475 e. The summed E-state index contributed by atoms with van der Waals surface area (Å²) in [7, 11) is -4.04. The van der Waals surface area contributed by atoms with Gasteiger partial charge in [0.1, 0.15) is 6.61 Å². The number of carbonyl (C=O) groups is 1. The number of rotatable bonds is 3. The Bertz CT molecular complexity index is 1320. The van der Waals surface area contributed by atoms with E-state index in [-0.39, 0.29) is 40.8 Å². The minimum absolute atomic E-state index is 0.0525. The van der Waals surface area contributed by atoms with Crippen molar-refractivity contribution in [3.05, 3.63) is 65.2 Å². The van der Waals surface area contributed by atoms with E-state index in [0.717, 1.165) is 16.7 Å². The standard InChI is InChI=1S/C25H28N4O4S/c1-15(2)11-19-14-33-22-13-21(23-16(3)7-5-8-17(23)4)27-25(28-22)29-34(31,32)20-10-6-9-18(12-20)24(30)26-19/h5-10,12-13,15,19H,11,14H2,1-4H3,(H,26,30)(H,27,28,29)/t19-/m0/s1. The van der Waals surface area contributed by atoms with Gasteiger partial charge in [0.2, 0.25) is 11.8 Å². The van der Waals surface area contributed by atoms with Crippen LogP contribution in [0, 0.1) is 19.8 Å². The molecule has 1 aliphatic heterocycles. The molecule has 2 heterocycles. The number of ether oxygens (including phenoxy) is 1. The Hall–Kier alpha value is -3.46. The maximum absolute atomic E-state index is 13.1. The zero-order chi connectivity index (χ0) is 24.5. The predicted octanol–water partition coefficient (Wildman–Crippen LogP) is 4.10. The molecule has 1 aliphatic rings. The van der Waals surface area contributed by atoms with Gasteiger partial charge >= 0.3 is 0 Å². The second-order valence-electron chi connectivity index (χ2n) is 8.93. The van der Waals surface area contributed by atoms with Gasteiger partial charge in [0.05, 0.1) is 16.6 Å². The Morgan fingerprint density at radius 1 is 1.06 bits per heavy atom. The number of aromatic nitrogens is 2. The highest BCUT2D eigenvalue weighted by atomic mass is 32.2. The lowest BCUT2D eigenvalue weighted by molar-refractivity contribution is 0.0913. The van der Waals surface area contributed by atoms with Gasteiger partial charge in [-0.2, -0.15) is 4.98 Å². The van der Waals surface area contributed by atoms with E-state index in [2.05, 4.69) is 33.9 Å². The molecule has 178 valence electrons. The first kappa shape index (κ1) is 23.7. The van der Waals surface area contributed by atoms with Gasteiger partial charge in [-0.25, -0.2) is 18.1 Å². The number of carbonyl (C=O) groups excluding carboxylic acids is 1. The number of aryl methyl sites for hydroxylation is 2. The molecule has 4 rings (SSSR count). The lowest BCUT2D eigenvalue weighted by Gasteiger charge is -2.21. The number of amides is 1. The van der Waals surface area contributed by atoms with Crippen molar-refractivity contribution in [1.82, 2.24) is 15.3 Å². The molecular weight excluding hydrogens is 452 g/mol. The van der Waals surface area contributed by atoms with Crippen LogP contribution in [0.2, 0.25) is 0 Å². The molecule has 1 atom stereocenters. The molecule has 1 aromatic heterocycles. The monoisotopic (exact) mass is 480 g/mol. The number of nitrogens with zero attached hydrogens (tertiary/aromatic N) is 2. The third-order valence-corrected chi connectivity index (χ3v) is 6.92. The molecule has 2 aromatic carbocycles. The molecule has 4 bridgehead atoms. The van der Waals surface area contributed by atoms with Crippen LogP contribution in [-0.4, -0.2) is 36.9 Å². The molecule has 9 heteroatoms. The predicted molar refractivity (Wildman–Crippen MR) is 130 cm³/mol. The van der Waals surface area contributed by atoms with E-state index in [4.69, 9.17) is 4.74 Å². The van der Waals surface area contributed by atoms with Crippen molar-refractivity contribution < 1.29 is 17.9 Å². The highest BCUT2D eigenvalue weighted by molar-refractivity contribution is 7.92. The van der Waals surface area contributed by atoms with Gasteiger partial charge < -0.3 is 10.1 Å². The number of benzene rings is 2. The molecule has 34 heavy (non-hydrogen) atoms. The first-order valence-corrected chi connectivity index (χ1v) is 12.6. The van der Waals surface area contributed by atoms with E-state index in [1.165, 1.54) is 18.2 Å². The average Bonchev–Trinajstić information content (AvgIpc) is 2.76. The second kappa shape index (κ2) is 9.42. The van der Waals surface area contributed by atoms with Crippen LogP contribution in [0.15, 0.2) is 53.4 Å². The lowest BCUT2D eigenvalue weighted by Crippen LogP contribution is -2.40. The number of hydrogen-bond donors (Lipinski definition) is 2. The van der Waals surface area contributed by atoms with E-state index in [0.29, 0.717) is 18.0 Å². The zero-order valence-electron chi connectivity index (χ0n) is 19.6. The summed E-state index contributed by atoms with van der Waals surface area (Å²) in [5.41, 5.74) is 3.67. The smallest absolute Gasteiger partial charge is 0.264 e. The van der Waals surface area contributed by atoms with Crippen LogP contribution in [0.5, 0.6) is 5.88 Å². The Morgan fingerprint density at radius 2 is 1.76 bits per heavy atom. The van der Waals surface area contributed by atoms with Crippen LogP contribution < -0.4 is 14.8 Å². The van der Waals surface area contributed by atoms with Crippen molar-refractivity contribution in [3.8, 4) is 17.1 Å². The van der Waals surface area contributed by atoms with E-state index in [1.807, 2.05) is 32.0 Å². The van der Waals surface area contributed by atoms with E-state index >= 15 is 0 Å². The Morgan fingerprint density at radius 3 is 2.47 bits per heavy atom. The second-order valence-corrected chi connectivity index (χ2v) is 10.6. The molecule has 0 saturated carbocycles. The third kappa shape index (κ3) is 5.20. The van der Waals surface area contributed by atoms with Gasteiger partial charge in [0.15, 0.2) is 0 Å². The van der Waals surface area contributed by atoms with Gasteiger partial charge in [0.25, 0.3) is 15.9 Å². The third-order valence-electron chi connectivity index (χ3n) is 5.60. The topological polar surface area (TPSA) is 110 Å². The Kier molecular flexibility index (Phi) is 6.56. The van der Waals surface area contributed by atoms with Crippen molar-refractivity contribution in [2.75, 3.05) is 11.3 Å². The number of nitrogens with one attached hydrogen (secondary N) is 2. The van der Waals surface area contributed by atoms with Gasteiger partial charge in [0, 0.05) is 17.2 Å². The van der Waals surface area contributed by atoms with Crippen molar-refractivity contribution in [3.63, 3.8) is 0 Å². The van der Waals surface area contributed by atoms with Gasteiger partial charge in [-0.3, -0.25) is 4.79 Å². The number of anilines is 1. The Labute approximate surface area is 199 Å². The van der Waals surface area contributed by atoms with Crippen LogP contribution in [0.1, 0.15) is 41.8 Å². The fraction of sp³-hybridized carbons (Fsp3) is 0.320. The maximum atomic E-state index is 13.1. The first-order chi connectivity index (χ1) is 16.1. The molecule has 0 unspecified atom stereocenters. The molecule has 0 spiro atoms. The van der Waals surface area contributed by atoms with Crippen molar-refractivity contribution in [2.45, 2.75) is 45.1 Å². The molecule has 0 radical (unpaired) electrons. The summed E-state index contributed by atoms with van der Waals surface area (Å²) in [4.78, 5) is 21.6. The van der Waals surface area contributed by atoms with E-state index in [9.17, 15) is 13.2 Å². The average molecular weight is 481 g/mol.